The van der Waals surface area contributed by atoms with Crippen LogP contribution >= 0.6 is 0 Å². The third-order valence-corrected chi connectivity index (χ3v) is 4.25. The summed E-state index contributed by atoms with van der Waals surface area (Å²) in [4.78, 5) is 16.8. The minimum absolute atomic E-state index is 0.00452. The number of carbonyl (C=O) groups excluding carboxylic acids is 1. The average Bonchev–Trinajstić information content (AvgIpc) is 3.10. The van der Waals surface area contributed by atoms with E-state index in [1.165, 1.54) is 0 Å². The van der Waals surface area contributed by atoms with E-state index >= 15 is 0 Å². The van der Waals surface area contributed by atoms with Crippen molar-refractivity contribution in [2.45, 2.75) is 26.8 Å². The molecule has 0 aliphatic rings. The highest BCUT2D eigenvalue weighted by atomic mass is 16.1. The molecule has 1 aromatic heterocycles. The summed E-state index contributed by atoms with van der Waals surface area (Å²) in [5, 5.41) is 3.02. The first kappa shape index (κ1) is 17.0. The van der Waals surface area contributed by atoms with Crippen molar-refractivity contribution in [2.75, 3.05) is 6.54 Å². The summed E-state index contributed by atoms with van der Waals surface area (Å²) < 4.78 is 2.12. The van der Waals surface area contributed by atoms with Crippen LogP contribution in [0.5, 0.6) is 0 Å². The van der Waals surface area contributed by atoms with E-state index < -0.39 is 0 Å². The van der Waals surface area contributed by atoms with Gasteiger partial charge in [0.15, 0.2) is 0 Å². The molecule has 128 valence electrons. The second kappa shape index (κ2) is 7.79. The van der Waals surface area contributed by atoms with Gasteiger partial charge in [0, 0.05) is 36.6 Å². The molecule has 0 saturated carbocycles. The summed E-state index contributed by atoms with van der Waals surface area (Å²) in [6.45, 7) is 5.42. The Morgan fingerprint density at radius 2 is 1.92 bits per heavy atom. The number of aromatic nitrogens is 2. The number of rotatable bonds is 6. The second-order valence-electron chi connectivity index (χ2n) is 6.24. The Kier molecular flexibility index (Phi) is 5.29. The van der Waals surface area contributed by atoms with Crippen LogP contribution in [0, 0.1) is 13.8 Å². The zero-order valence-corrected chi connectivity index (χ0v) is 14.7. The van der Waals surface area contributed by atoms with E-state index in [4.69, 9.17) is 0 Å². The van der Waals surface area contributed by atoms with Gasteiger partial charge in [0.05, 0.1) is 0 Å². The van der Waals surface area contributed by atoms with Crippen molar-refractivity contribution in [1.29, 1.82) is 0 Å². The molecular formula is C21H23N3O. The van der Waals surface area contributed by atoms with Crippen molar-refractivity contribution >= 4 is 5.91 Å². The molecule has 0 bridgehead atoms. The number of benzene rings is 2. The number of aryl methyl sites for hydroxylation is 3. The van der Waals surface area contributed by atoms with Gasteiger partial charge in [0.25, 0.3) is 5.91 Å². The first-order valence-electron chi connectivity index (χ1n) is 8.57. The third-order valence-electron chi connectivity index (χ3n) is 4.25. The minimum Gasteiger partial charge on any atom is -0.352 e. The molecule has 0 fully saturated rings. The van der Waals surface area contributed by atoms with Gasteiger partial charge in [-0.3, -0.25) is 4.79 Å². The molecule has 0 atom stereocenters. The second-order valence-corrected chi connectivity index (χ2v) is 6.24. The Hall–Kier alpha value is -2.88. The lowest BCUT2D eigenvalue weighted by Crippen LogP contribution is -2.26. The number of nitrogens with one attached hydrogen (secondary N) is 1. The minimum atomic E-state index is -0.00452. The fraction of sp³-hybridized carbons (Fsp3) is 0.238. The highest BCUT2D eigenvalue weighted by molar-refractivity contribution is 5.95. The normalized spacial score (nSPS) is 10.6. The van der Waals surface area contributed by atoms with Crippen LogP contribution in [0.1, 0.15) is 27.9 Å². The van der Waals surface area contributed by atoms with Gasteiger partial charge in [-0.25, -0.2) is 4.98 Å². The molecule has 3 aromatic rings. The average molecular weight is 333 g/mol. The molecule has 3 rings (SSSR count). The molecule has 0 aliphatic heterocycles. The Bertz CT molecular complexity index is 853. The van der Waals surface area contributed by atoms with E-state index in [-0.39, 0.29) is 5.91 Å². The van der Waals surface area contributed by atoms with Gasteiger partial charge in [0.1, 0.15) is 5.82 Å². The smallest absolute Gasteiger partial charge is 0.251 e. The molecule has 2 aromatic carbocycles. The molecule has 25 heavy (non-hydrogen) atoms. The molecule has 0 spiro atoms. The molecule has 0 unspecified atom stereocenters. The number of imidazole rings is 1. The van der Waals surface area contributed by atoms with Crippen LogP contribution in [-0.4, -0.2) is 22.0 Å². The van der Waals surface area contributed by atoms with E-state index in [9.17, 15) is 4.79 Å². The first-order valence-corrected chi connectivity index (χ1v) is 8.57. The molecule has 0 saturated heterocycles. The maximum absolute atomic E-state index is 12.3. The molecule has 0 radical (unpaired) electrons. The van der Waals surface area contributed by atoms with Gasteiger partial charge in [-0.05, 0) is 31.9 Å². The van der Waals surface area contributed by atoms with E-state index in [1.807, 2.05) is 62.6 Å². The van der Waals surface area contributed by atoms with Crippen LogP contribution in [0.4, 0.5) is 0 Å². The highest BCUT2D eigenvalue weighted by Gasteiger charge is 2.09. The van der Waals surface area contributed by atoms with Gasteiger partial charge < -0.3 is 9.88 Å². The number of amides is 1. The Morgan fingerprint density at radius 1 is 1.12 bits per heavy atom. The zero-order valence-electron chi connectivity index (χ0n) is 14.7. The molecule has 1 N–H and O–H groups in total. The van der Waals surface area contributed by atoms with E-state index in [0.717, 1.165) is 41.0 Å². The van der Waals surface area contributed by atoms with Crippen LogP contribution in [0.2, 0.25) is 0 Å². The third kappa shape index (κ3) is 4.15. The standard InChI is InChI=1S/C21H23N3O/c1-16-9-10-17(2)19(15-16)21(25)23-11-6-13-24-14-12-22-20(24)18-7-4-3-5-8-18/h3-5,7-10,12,14-15H,6,11,13H2,1-2H3,(H,23,25). The van der Waals surface area contributed by atoms with E-state index in [1.54, 1.807) is 0 Å². The van der Waals surface area contributed by atoms with Gasteiger partial charge in [0.2, 0.25) is 0 Å². The molecule has 0 aliphatic carbocycles. The largest absolute Gasteiger partial charge is 0.352 e. The van der Waals surface area contributed by atoms with Gasteiger partial charge >= 0.3 is 0 Å². The van der Waals surface area contributed by atoms with E-state index in [2.05, 4.69) is 27.0 Å². The number of hydrogen-bond donors (Lipinski definition) is 1. The Labute approximate surface area is 148 Å². The maximum atomic E-state index is 12.3. The Morgan fingerprint density at radius 3 is 2.72 bits per heavy atom. The monoisotopic (exact) mass is 333 g/mol. The van der Waals surface area contributed by atoms with Gasteiger partial charge in [-0.15, -0.1) is 0 Å². The number of hydrogen-bond acceptors (Lipinski definition) is 2. The molecule has 1 amide bonds. The SMILES string of the molecule is Cc1ccc(C)c(C(=O)NCCCn2ccnc2-c2ccccc2)c1. The lowest BCUT2D eigenvalue weighted by molar-refractivity contribution is 0.0952. The van der Waals surface area contributed by atoms with Crippen LogP contribution in [0.15, 0.2) is 60.9 Å². The van der Waals surface area contributed by atoms with Crippen molar-refractivity contribution in [2.24, 2.45) is 0 Å². The van der Waals surface area contributed by atoms with Crippen LogP contribution < -0.4 is 5.32 Å². The summed E-state index contributed by atoms with van der Waals surface area (Å²) in [5.74, 6) is 0.955. The van der Waals surface area contributed by atoms with Crippen molar-refractivity contribution in [3.05, 3.63) is 77.6 Å². The van der Waals surface area contributed by atoms with Crippen molar-refractivity contribution < 1.29 is 4.79 Å². The maximum Gasteiger partial charge on any atom is 0.251 e. The summed E-state index contributed by atoms with van der Waals surface area (Å²) in [6.07, 6.45) is 4.65. The summed E-state index contributed by atoms with van der Waals surface area (Å²) in [5.41, 5.74) is 3.96. The fourth-order valence-electron chi connectivity index (χ4n) is 2.86. The van der Waals surface area contributed by atoms with Crippen molar-refractivity contribution in [3.8, 4) is 11.4 Å². The first-order chi connectivity index (χ1) is 12.1. The van der Waals surface area contributed by atoms with Crippen molar-refractivity contribution in [1.82, 2.24) is 14.9 Å². The number of nitrogens with zero attached hydrogens (tertiary/aromatic N) is 2. The van der Waals surface area contributed by atoms with Crippen molar-refractivity contribution in [3.63, 3.8) is 0 Å². The van der Waals surface area contributed by atoms with Gasteiger partial charge in [-0.2, -0.15) is 0 Å². The fourth-order valence-corrected chi connectivity index (χ4v) is 2.86. The molecule has 4 heteroatoms. The molecule has 1 heterocycles. The Balaban J connectivity index is 1.55. The lowest BCUT2D eigenvalue weighted by Gasteiger charge is -2.10. The summed E-state index contributed by atoms with van der Waals surface area (Å²) in [6, 6.07) is 16.1. The summed E-state index contributed by atoms with van der Waals surface area (Å²) in [7, 11) is 0. The van der Waals surface area contributed by atoms with Crippen LogP contribution in [0.25, 0.3) is 11.4 Å². The quantitative estimate of drug-likeness (QED) is 0.693. The van der Waals surface area contributed by atoms with Crippen LogP contribution in [0.3, 0.4) is 0 Å². The van der Waals surface area contributed by atoms with E-state index in [0.29, 0.717) is 6.54 Å². The number of carbonyl (C=O) groups is 1. The molecular weight excluding hydrogens is 310 g/mol. The summed E-state index contributed by atoms with van der Waals surface area (Å²) >= 11 is 0. The lowest BCUT2D eigenvalue weighted by atomic mass is 10.1. The molecule has 4 nitrogen and oxygen atoms in total. The predicted octanol–water partition coefficient (Wildman–Crippen LogP) is 3.99. The van der Waals surface area contributed by atoms with Crippen LogP contribution in [-0.2, 0) is 6.54 Å². The zero-order chi connectivity index (χ0) is 17.6. The predicted molar refractivity (Wildman–Crippen MR) is 101 cm³/mol. The topological polar surface area (TPSA) is 46.9 Å². The van der Waals surface area contributed by atoms with Gasteiger partial charge in [-0.1, -0.05) is 48.0 Å². The highest BCUT2D eigenvalue weighted by Crippen LogP contribution is 2.17.